The third-order valence-electron chi connectivity index (χ3n) is 1.66. The maximum Gasteiger partial charge on any atom is 0.409 e. The van der Waals surface area contributed by atoms with Crippen LogP contribution in [0.3, 0.4) is 0 Å². The quantitative estimate of drug-likeness (QED) is 0.579. The van der Waals surface area contributed by atoms with Gasteiger partial charge in [0.15, 0.2) is 6.04 Å². The predicted octanol–water partition coefficient (Wildman–Crippen LogP) is 2.12. The summed E-state index contributed by atoms with van der Waals surface area (Å²) in [5, 5.41) is 1.61. The molecule has 6 heteroatoms. The molecular formula is C7H9F3N2S. The zero-order valence-electron chi connectivity index (χ0n) is 6.85. The molecule has 0 aromatic carbocycles. The number of alkyl halides is 3. The average molecular weight is 210 g/mol. The van der Waals surface area contributed by atoms with Gasteiger partial charge in [-0.15, -0.1) is 11.3 Å². The average Bonchev–Trinajstić information content (AvgIpc) is 2.35. The van der Waals surface area contributed by atoms with Crippen LogP contribution in [0, 0.1) is 6.92 Å². The van der Waals surface area contributed by atoms with Crippen molar-refractivity contribution in [1.82, 2.24) is 5.43 Å². The first-order chi connectivity index (χ1) is 5.96. The molecule has 1 atom stereocenters. The van der Waals surface area contributed by atoms with Crippen LogP contribution < -0.4 is 11.3 Å². The van der Waals surface area contributed by atoms with Crippen molar-refractivity contribution >= 4 is 11.3 Å². The standard InChI is InChI=1S/C7H9F3N2S/c1-4-2-3-13-5(4)6(12-11)7(8,9)10/h2-3,6,12H,11H2,1H3. The first-order valence-corrected chi connectivity index (χ1v) is 4.41. The predicted molar refractivity (Wildman–Crippen MR) is 45.2 cm³/mol. The van der Waals surface area contributed by atoms with Gasteiger partial charge in [-0.25, -0.2) is 5.43 Å². The number of hydrogen-bond donors (Lipinski definition) is 2. The van der Waals surface area contributed by atoms with Gasteiger partial charge in [0.25, 0.3) is 0 Å². The third kappa shape index (κ3) is 2.20. The summed E-state index contributed by atoms with van der Waals surface area (Å²) >= 11 is 1.05. The molecule has 0 saturated heterocycles. The molecule has 0 aliphatic rings. The highest BCUT2D eigenvalue weighted by Crippen LogP contribution is 2.36. The zero-order valence-corrected chi connectivity index (χ0v) is 7.67. The zero-order chi connectivity index (χ0) is 10.1. The number of nitrogens with two attached hydrogens (primary N) is 1. The third-order valence-corrected chi connectivity index (χ3v) is 2.74. The van der Waals surface area contributed by atoms with Crippen LogP contribution in [-0.2, 0) is 0 Å². The first-order valence-electron chi connectivity index (χ1n) is 3.53. The summed E-state index contributed by atoms with van der Waals surface area (Å²) in [5.41, 5.74) is 2.37. The SMILES string of the molecule is Cc1ccsc1C(NN)C(F)(F)F. The van der Waals surface area contributed by atoms with Crippen LogP contribution in [0.4, 0.5) is 13.2 Å². The summed E-state index contributed by atoms with van der Waals surface area (Å²) in [6.07, 6.45) is -4.34. The van der Waals surface area contributed by atoms with Crippen LogP contribution in [0.1, 0.15) is 16.5 Å². The largest absolute Gasteiger partial charge is 0.409 e. The van der Waals surface area contributed by atoms with Gasteiger partial charge in [0.05, 0.1) is 0 Å². The number of halogens is 3. The lowest BCUT2D eigenvalue weighted by Crippen LogP contribution is -2.38. The summed E-state index contributed by atoms with van der Waals surface area (Å²) in [5.74, 6) is 4.86. The lowest BCUT2D eigenvalue weighted by atomic mass is 10.2. The molecule has 1 rings (SSSR count). The van der Waals surface area contributed by atoms with Gasteiger partial charge in [0.2, 0.25) is 0 Å². The molecule has 0 amide bonds. The van der Waals surface area contributed by atoms with Gasteiger partial charge in [0.1, 0.15) is 0 Å². The first kappa shape index (κ1) is 10.5. The highest BCUT2D eigenvalue weighted by Gasteiger charge is 2.41. The molecule has 0 radical (unpaired) electrons. The molecule has 1 aromatic heterocycles. The number of nitrogens with one attached hydrogen (secondary N) is 1. The van der Waals surface area contributed by atoms with Gasteiger partial charge in [-0.05, 0) is 23.9 Å². The maximum absolute atomic E-state index is 12.3. The van der Waals surface area contributed by atoms with Crippen molar-refractivity contribution in [3.63, 3.8) is 0 Å². The number of aryl methyl sites for hydroxylation is 1. The number of hydrogen-bond acceptors (Lipinski definition) is 3. The normalized spacial score (nSPS) is 14.5. The Hall–Kier alpha value is -0.590. The van der Waals surface area contributed by atoms with Crippen molar-refractivity contribution in [2.75, 3.05) is 0 Å². The van der Waals surface area contributed by atoms with Gasteiger partial charge in [-0.3, -0.25) is 5.84 Å². The lowest BCUT2D eigenvalue weighted by Gasteiger charge is -2.18. The van der Waals surface area contributed by atoms with Crippen molar-refractivity contribution in [2.24, 2.45) is 5.84 Å². The van der Waals surface area contributed by atoms with Crippen molar-refractivity contribution in [3.05, 3.63) is 21.9 Å². The van der Waals surface area contributed by atoms with Gasteiger partial charge in [-0.1, -0.05) is 0 Å². The molecule has 0 fully saturated rings. The van der Waals surface area contributed by atoms with Crippen LogP contribution in [0.25, 0.3) is 0 Å². The van der Waals surface area contributed by atoms with Crippen LogP contribution in [0.15, 0.2) is 11.4 Å². The van der Waals surface area contributed by atoms with Crippen LogP contribution >= 0.6 is 11.3 Å². The molecule has 74 valence electrons. The summed E-state index contributed by atoms with van der Waals surface area (Å²) in [4.78, 5) is 0.218. The van der Waals surface area contributed by atoms with E-state index in [4.69, 9.17) is 5.84 Å². The van der Waals surface area contributed by atoms with Gasteiger partial charge in [-0.2, -0.15) is 13.2 Å². The molecule has 0 aliphatic carbocycles. The Morgan fingerprint density at radius 1 is 1.54 bits per heavy atom. The molecule has 3 N–H and O–H groups in total. The topological polar surface area (TPSA) is 38.0 Å². The fraction of sp³-hybridized carbons (Fsp3) is 0.429. The van der Waals surface area contributed by atoms with E-state index >= 15 is 0 Å². The number of rotatable bonds is 2. The maximum atomic E-state index is 12.3. The Labute approximate surface area is 77.5 Å². The minimum absolute atomic E-state index is 0.218. The minimum atomic E-state index is -4.34. The fourth-order valence-corrected chi connectivity index (χ4v) is 2.01. The molecule has 0 aliphatic heterocycles. The minimum Gasteiger partial charge on any atom is -0.271 e. The highest BCUT2D eigenvalue weighted by atomic mass is 32.1. The molecule has 0 saturated carbocycles. The Morgan fingerprint density at radius 3 is 2.46 bits per heavy atom. The van der Waals surface area contributed by atoms with Crippen LogP contribution in [0.2, 0.25) is 0 Å². The Kier molecular flexibility index (Phi) is 2.94. The number of hydrazine groups is 1. The Bertz CT molecular complexity index is 282. The lowest BCUT2D eigenvalue weighted by molar-refractivity contribution is -0.157. The summed E-state index contributed by atoms with van der Waals surface area (Å²) < 4.78 is 37.0. The second kappa shape index (κ2) is 3.65. The van der Waals surface area contributed by atoms with E-state index in [1.54, 1.807) is 23.8 Å². The molecule has 1 unspecified atom stereocenters. The van der Waals surface area contributed by atoms with Crippen molar-refractivity contribution < 1.29 is 13.2 Å². The second-order valence-electron chi connectivity index (χ2n) is 2.61. The van der Waals surface area contributed by atoms with Crippen LogP contribution in [0.5, 0.6) is 0 Å². The van der Waals surface area contributed by atoms with E-state index in [0.717, 1.165) is 11.3 Å². The monoisotopic (exact) mass is 210 g/mol. The molecule has 13 heavy (non-hydrogen) atoms. The van der Waals surface area contributed by atoms with E-state index in [-0.39, 0.29) is 4.88 Å². The Balaban J connectivity index is 2.98. The van der Waals surface area contributed by atoms with Crippen molar-refractivity contribution in [1.29, 1.82) is 0 Å². The van der Waals surface area contributed by atoms with Crippen LogP contribution in [-0.4, -0.2) is 6.18 Å². The van der Waals surface area contributed by atoms with Gasteiger partial charge < -0.3 is 0 Å². The molecule has 2 nitrogen and oxygen atoms in total. The molecule has 1 aromatic rings. The van der Waals surface area contributed by atoms with E-state index in [1.807, 2.05) is 0 Å². The molecular weight excluding hydrogens is 201 g/mol. The Morgan fingerprint density at radius 2 is 2.15 bits per heavy atom. The number of thiophene rings is 1. The van der Waals surface area contributed by atoms with E-state index in [1.165, 1.54) is 0 Å². The smallest absolute Gasteiger partial charge is 0.271 e. The van der Waals surface area contributed by atoms with Gasteiger partial charge >= 0.3 is 6.18 Å². The van der Waals surface area contributed by atoms with E-state index in [9.17, 15) is 13.2 Å². The molecule has 0 bridgehead atoms. The highest BCUT2D eigenvalue weighted by molar-refractivity contribution is 7.10. The molecule has 0 spiro atoms. The van der Waals surface area contributed by atoms with Crippen molar-refractivity contribution in [3.8, 4) is 0 Å². The van der Waals surface area contributed by atoms with Gasteiger partial charge in [0, 0.05) is 4.88 Å². The van der Waals surface area contributed by atoms with E-state index in [2.05, 4.69) is 0 Å². The molecule has 1 heterocycles. The summed E-state index contributed by atoms with van der Waals surface area (Å²) in [6, 6.07) is -0.122. The van der Waals surface area contributed by atoms with E-state index < -0.39 is 12.2 Å². The fourth-order valence-electron chi connectivity index (χ4n) is 0.999. The van der Waals surface area contributed by atoms with Crippen molar-refractivity contribution in [2.45, 2.75) is 19.1 Å². The summed E-state index contributed by atoms with van der Waals surface area (Å²) in [7, 11) is 0. The second-order valence-corrected chi connectivity index (χ2v) is 3.56. The summed E-state index contributed by atoms with van der Waals surface area (Å²) in [6.45, 7) is 1.63. The van der Waals surface area contributed by atoms with E-state index in [0.29, 0.717) is 5.56 Å².